The predicted molar refractivity (Wildman–Crippen MR) is 240 cm³/mol. The van der Waals surface area contributed by atoms with E-state index in [0.29, 0.717) is 0 Å². The van der Waals surface area contributed by atoms with E-state index in [1.165, 1.54) is 55.3 Å². The Balaban J connectivity index is 1.16. The molecule has 1 aliphatic carbocycles. The second-order valence-corrected chi connectivity index (χ2v) is 15.7. The van der Waals surface area contributed by atoms with Crippen LogP contribution in [-0.2, 0) is 5.41 Å². The molecule has 0 saturated carbocycles. The highest BCUT2D eigenvalue weighted by Gasteiger charge is 2.37. The molecule has 0 amide bonds. The average molecular weight is 730 g/mol. The van der Waals surface area contributed by atoms with Gasteiger partial charge in [0.15, 0.2) is 0 Å². The molecule has 0 atom stereocenters. The molecule has 0 N–H and O–H groups in total. The summed E-state index contributed by atoms with van der Waals surface area (Å²) in [6, 6.07) is 72.8. The summed E-state index contributed by atoms with van der Waals surface area (Å²) in [7, 11) is 0. The minimum atomic E-state index is -0.104. The van der Waals surface area contributed by atoms with E-state index in [4.69, 9.17) is 4.42 Å². The van der Waals surface area contributed by atoms with Gasteiger partial charge in [-0.3, -0.25) is 0 Å². The van der Waals surface area contributed by atoms with Gasteiger partial charge in [-0.1, -0.05) is 172 Å². The summed E-state index contributed by atoms with van der Waals surface area (Å²) < 4.78 is 6.36. The summed E-state index contributed by atoms with van der Waals surface area (Å²) >= 11 is 0. The Morgan fingerprint density at radius 2 is 0.947 bits per heavy atom. The van der Waals surface area contributed by atoms with E-state index in [9.17, 15) is 0 Å². The van der Waals surface area contributed by atoms with Crippen molar-refractivity contribution < 1.29 is 4.42 Å². The number of fused-ring (bicyclic) bond motifs is 7. The van der Waals surface area contributed by atoms with Crippen LogP contribution in [0.3, 0.4) is 0 Å². The van der Waals surface area contributed by atoms with Gasteiger partial charge in [-0.15, -0.1) is 0 Å². The molecular weight excluding hydrogens is 691 g/mol. The SMILES string of the molecule is CC1(C)c2ccccc2-c2c(-c3ccccc3N(c3cccc(-c4ccc5c(c4)oc4ccccc45)c3)c3ccccc3-c3cccc4ccccc34)cccc21. The first-order chi connectivity index (χ1) is 28.0. The lowest BCUT2D eigenvalue weighted by Crippen LogP contribution is -2.15. The van der Waals surface area contributed by atoms with E-state index in [1.807, 2.05) is 12.1 Å². The van der Waals surface area contributed by atoms with E-state index in [1.54, 1.807) is 0 Å². The van der Waals surface area contributed by atoms with E-state index in [-0.39, 0.29) is 5.41 Å². The van der Waals surface area contributed by atoms with E-state index in [0.717, 1.165) is 50.1 Å². The number of benzene rings is 9. The fourth-order valence-electron chi connectivity index (χ4n) is 9.37. The summed E-state index contributed by atoms with van der Waals surface area (Å²) in [6.07, 6.45) is 0. The topological polar surface area (TPSA) is 16.4 Å². The van der Waals surface area contributed by atoms with Crippen LogP contribution in [-0.4, -0.2) is 0 Å². The van der Waals surface area contributed by atoms with Crippen LogP contribution in [0.25, 0.3) is 77.2 Å². The van der Waals surface area contributed by atoms with Gasteiger partial charge in [-0.05, 0) is 97.7 Å². The Kier molecular flexibility index (Phi) is 7.55. The van der Waals surface area contributed by atoms with Crippen molar-refractivity contribution >= 4 is 49.8 Å². The summed E-state index contributed by atoms with van der Waals surface area (Å²) in [5.74, 6) is 0. The summed E-state index contributed by atoms with van der Waals surface area (Å²) in [4.78, 5) is 2.47. The Morgan fingerprint density at radius 1 is 0.386 bits per heavy atom. The van der Waals surface area contributed by atoms with Crippen molar-refractivity contribution in [1.29, 1.82) is 0 Å². The zero-order chi connectivity index (χ0) is 38.1. The molecular formula is C55H39NO. The third-order valence-electron chi connectivity index (χ3n) is 12.1. The van der Waals surface area contributed by atoms with Gasteiger partial charge in [0.05, 0.1) is 11.4 Å². The fraction of sp³-hybridized carbons (Fsp3) is 0.0545. The molecule has 1 heterocycles. The van der Waals surface area contributed by atoms with Gasteiger partial charge in [0.1, 0.15) is 11.2 Å². The van der Waals surface area contributed by atoms with Crippen molar-refractivity contribution in [2.45, 2.75) is 19.3 Å². The highest BCUT2D eigenvalue weighted by atomic mass is 16.3. The van der Waals surface area contributed by atoms with Crippen LogP contribution in [0.1, 0.15) is 25.0 Å². The molecule has 9 aromatic carbocycles. The monoisotopic (exact) mass is 729 g/mol. The molecule has 0 bridgehead atoms. The van der Waals surface area contributed by atoms with E-state index in [2.05, 4.69) is 207 Å². The Labute approximate surface area is 332 Å². The number of nitrogens with zero attached hydrogens (tertiary/aromatic N) is 1. The first kappa shape index (κ1) is 33.2. The van der Waals surface area contributed by atoms with Crippen molar-refractivity contribution in [3.05, 3.63) is 211 Å². The minimum Gasteiger partial charge on any atom is -0.456 e. The maximum Gasteiger partial charge on any atom is 0.136 e. The highest BCUT2D eigenvalue weighted by Crippen LogP contribution is 2.54. The molecule has 1 aromatic heterocycles. The standard InChI is InChI=1S/C55H39NO/c1-55(2)48-27-9-5-24-47(48)54-46(26-15-28-49(54)55)43-22-7-11-30-51(43)56(50-29-10-6-21-42(50)41-25-14-17-36-16-3-4-20-40(36)41)39-19-13-18-37(34-39)38-32-33-45-44-23-8-12-31-52(44)57-53(45)35-38/h3-35H,1-2H3. The molecule has 1 aliphatic rings. The van der Waals surface area contributed by atoms with Crippen molar-refractivity contribution in [3.8, 4) is 44.5 Å². The summed E-state index contributed by atoms with van der Waals surface area (Å²) in [5.41, 5.74) is 17.4. The first-order valence-corrected chi connectivity index (χ1v) is 19.8. The largest absolute Gasteiger partial charge is 0.456 e. The van der Waals surface area contributed by atoms with Crippen LogP contribution < -0.4 is 4.90 Å². The molecule has 10 aromatic rings. The maximum absolute atomic E-state index is 6.36. The lowest BCUT2D eigenvalue weighted by Gasteiger charge is -2.31. The summed E-state index contributed by atoms with van der Waals surface area (Å²) in [6.45, 7) is 4.71. The molecule has 11 rings (SSSR count). The zero-order valence-electron chi connectivity index (χ0n) is 31.9. The predicted octanol–water partition coefficient (Wildman–Crippen LogP) is 15.5. The molecule has 0 aliphatic heterocycles. The van der Waals surface area contributed by atoms with Gasteiger partial charge in [-0.25, -0.2) is 0 Å². The number of furan rings is 1. The van der Waals surface area contributed by atoms with Gasteiger partial charge in [0.25, 0.3) is 0 Å². The number of para-hydroxylation sites is 3. The maximum atomic E-state index is 6.36. The third kappa shape index (κ3) is 5.25. The van der Waals surface area contributed by atoms with Gasteiger partial charge in [0, 0.05) is 33.0 Å². The van der Waals surface area contributed by atoms with Crippen LogP contribution in [0.4, 0.5) is 17.1 Å². The number of rotatable bonds is 6. The molecule has 0 spiro atoms. The molecule has 0 radical (unpaired) electrons. The normalized spacial score (nSPS) is 12.9. The van der Waals surface area contributed by atoms with Gasteiger partial charge in [-0.2, -0.15) is 0 Å². The minimum absolute atomic E-state index is 0.104. The van der Waals surface area contributed by atoms with Crippen molar-refractivity contribution in [3.63, 3.8) is 0 Å². The van der Waals surface area contributed by atoms with Crippen LogP contribution >= 0.6 is 0 Å². The quantitative estimate of drug-likeness (QED) is 0.169. The molecule has 0 unspecified atom stereocenters. The first-order valence-electron chi connectivity index (χ1n) is 19.8. The van der Waals surface area contributed by atoms with E-state index < -0.39 is 0 Å². The summed E-state index contributed by atoms with van der Waals surface area (Å²) in [5, 5.41) is 4.72. The molecule has 2 nitrogen and oxygen atoms in total. The molecule has 0 saturated heterocycles. The van der Waals surface area contributed by atoms with Crippen LogP contribution in [0.2, 0.25) is 0 Å². The zero-order valence-corrected chi connectivity index (χ0v) is 31.9. The molecule has 270 valence electrons. The van der Waals surface area contributed by atoms with Crippen molar-refractivity contribution in [2.24, 2.45) is 0 Å². The average Bonchev–Trinajstić information content (AvgIpc) is 3.75. The van der Waals surface area contributed by atoms with Crippen molar-refractivity contribution in [2.75, 3.05) is 4.90 Å². The van der Waals surface area contributed by atoms with Gasteiger partial charge >= 0.3 is 0 Å². The lowest BCUT2D eigenvalue weighted by atomic mass is 9.82. The number of anilines is 3. The van der Waals surface area contributed by atoms with Crippen LogP contribution in [0.15, 0.2) is 205 Å². The van der Waals surface area contributed by atoms with Gasteiger partial charge < -0.3 is 9.32 Å². The van der Waals surface area contributed by atoms with Crippen LogP contribution in [0, 0.1) is 0 Å². The smallest absolute Gasteiger partial charge is 0.136 e. The molecule has 0 fully saturated rings. The molecule has 2 heteroatoms. The van der Waals surface area contributed by atoms with Crippen molar-refractivity contribution in [1.82, 2.24) is 0 Å². The number of hydrogen-bond donors (Lipinski definition) is 0. The Bertz CT molecular complexity index is 3180. The second-order valence-electron chi connectivity index (χ2n) is 15.7. The third-order valence-corrected chi connectivity index (χ3v) is 12.1. The van der Waals surface area contributed by atoms with Crippen LogP contribution in [0.5, 0.6) is 0 Å². The highest BCUT2D eigenvalue weighted by molar-refractivity contribution is 6.07. The fourth-order valence-corrected chi connectivity index (χ4v) is 9.37. The number of hydrogen-bond acceptors (Lipinski definition) is 2. The molecule has 57 heavy (non-hydrogen) atoms. The Morgan fingerprint density at radius 3 is 1.79 bits per heavy atom. The lowest BCUT2D eigenvalue weighted by molar-refractivity contribution is 0.660. The Hall–Kier alpha value is -7.16. The van der Waals surface area contributed by atoms with E-state index >= 15 is 0 Å². The second kappa shape index (κ2) is 13.0. The van der Waals surface area contributed by atoms with Gasteiger partial charge in [0.2, 0.25) is 0 Å².